The van der Waals surface area contributed by atoms with Gasteiger partial charge >= 0.3 is 0 Å². The standard InChI is InChI=1S/C18H22N4O/c1-21(14-5-3-2-4-6-14)15-8-11-22(12-9-15)17-7-10-20-13-16(17)18(19)23/h2-7,10,13,15H,8-9,11-12H2,1H3,(H2,19,23). The number of anilines is 2. The van der Waals surface area contributed by atoms with E-state index < -0.39 is 5.91 Å². The van der Waals surface area contributed by atoms with E-state index in [1.54, 1.807) is 12.4 Å². The molecule has 0 bridgehead atoms. The van der Waals surface area contributed by atoms with Crippen LogP contribution in [0.25, 0.3) is 0 Å². The lowest BCUT2D eigenvalue weighted by Crippen LogP contribution is -2.44. The van der Waals surface area contributed by atoms with Gasteiger partial charge in [-0.1, -0.05) is 18.2 Å². The highest BCUT2D eigenvalue weighted by Gasteiger charge is 2.24. The Morgan fingerprint density at radius 1 is 1.22 bits per heavy atom. The molecule has 5 nitrogen and oxygen atoms in total. The van der Waals surface area contributed by atoms with Crippen molar-refractivity contribution in [3.05, 3.63) is 54.4 Å². The summed E-state index contributed by atoms with van der Waals surface area (Å²) >= 11 is 0. The van der Waals surface area contributed by atoms with Gasteiger partial charge in [-0.25, -0.2) is 0 Å². The van der Waals surface area contributed by atoms with Gasteiger partial charge in [-0.05, 0) is 31.0 Å². The molecule has 2 heterocycles. The number of aromatic nitrogens is 1. The fourth-order valence-corrected chi connectivity index (χ4v) is 3.22. The van der Waals surface area contributed by atoms with E-state index in [-0.39, 0.29) is 0 Å². The predicted octanol–water partition coefficient (Wildman–Crippen LogP) is 2.29. The van der Waals surface area contributed by atoms with Crippen LogP contribution < -0.4 is 15.5 Å². The molecule has 1 amide bonds. The molecule has 1 aromatic heterocycles. The predicted molar refractivity (Wildman–Crippen MR) is 92.8 cm³/mol. The molecule has 1 saturated heterocycles. The first-order valence-corrected chi connectivity index (χ1v) is 7.93. The zero-order valence-electron chi connectivity index (χ0n) is 13.4. The van der Waals surface area contributed by atoms with Gasteiger partial charge in [0.15, 0.2) is 0 Å². The van der Waals surface area contributed by atoms with Gasteiger partial charge in [0.2, 0.25) is 0 Å². The van der Waals surface area contributed by atoms with Gasteiger partial charge in [-0.15, -0.1) is 0 Å². The van der Waals surface area contributed by atoms with Crippen LogP contribution in [-0.2, 0) is 0 Å². The average Bonchev–Trinajstić information content (AvgIpc) is 2.62. The number of rotatable bonds is 4. The maximum absolute atomic E-state index is 11.6. The van der Waals surface area contributed by atoms with Crippen LogP contribution in [0.3, 0.4) is 0 Å². The van der Waals surface area contributed by atoms with Crippen molar-refractivity contribution >= 4 is 17.3 Å². The average molecular weight is 310 g/mol. The second-order valence-corrected chi connectivity index (χ2v) is 5.92. The molecule has 1 fully saturated rings. The Labute approximate surface area is 136 Å². The van der Waals surface area contributed by atoms with Gasteiger partial charge in [-0.3, -0.25) is 9.78 Å². The van der Waals surface area contributed by atoms with E-state index in [1.165, 1.54) is 5.69 Å². The summed E-state index contributed by atoms with van der Waals surface area (Å²) in [5.41, 5.74) is 8.10. The minimum absolute atomic E-state index is 0.420. The van der Waals surface area contributed by atoms with Crippen LogP contribution in [0.2, 0.25) is 0 Å². The largest absolute Gasteiger partial charge is 0.371 e. The molecule has 0 radical (unpaired) electrons. The molecular weight excluding hydrogens is 288 g/mol. The minimum Gasteiger partial charge on any atom is -0.371 e. The first-order chi connectivity index (χ1) is 11.2. The van der Waals surface area contributed by atoms with Crippen molar-refractivity contribution in [2.24, 2.45) is 5.73 Å². The molecule has 1 aliphatic rings. The quantitative estimate of drug-likeness (QED) is 0.941. The van der Waals surface area contributed by atoms with E-state index in [0.29, 0.717) is 11.6 Å². The number of benzene rings is 1. The van der Waals surface area contributed by atoms with Gasteiger partial charge in [0.05, 0.1) is 11.3 Å². The summed E-state index contributed by atoms with van der Waals surface area (Å²) in [5, 5.41) is 0. The normalized spacial score (nSPS) is 15.4. The Morgan fingerprint density at radius 2 is 1.91 bits per heavy atom. The second-order valence-electron chi connectivity index (χ2n) is 5.92. The van der Waals surface area contributed by atoms with E-state index in [4.69, 9.17) is 5.73 Å². The highest BCUT2D eigenvalue weighted by molar-refractivity contribution is 5.98. The molecule has 0 atom stereocenters. The zero-order valence-corrected chi connectivity index (χ0v) is 13.4. The van der Waals surface area contributed by atoms with E-state index in [2.05, 4.69) is 46.1 Å². The summed E-state index contributed by atoms with van der Waals surface area (Å²) in [6, 6.07) is 12.8. The summed E-state index contributed by atoms with van der Waals surface area (Å²) in [6.07, 6.45) is 5.36. The third-order valence-electron chi connectivity index (χ3n) is 4.58. The molecule has 0 saturated carbocycles. The van der Waals surface area contributed by atoms with Gasteiger partial charge < -0.3 is 15.5 Å². The minimum atomic E-state index is -0.420. The highest BCUT2D eigenvalue weighted by atomic mass is 16.1. The zero-order chi connectivity index (χ0) is 16.2. The van der Waals surface area contributed by atoms with Gasteiger partial charge in [0.1, 0.15) is 0 Å². The molecule has 2 N–H and O–H groups in total. The number of nitrogens with zero attached hydrogens (tertiary/aromatic N) is 3. The number of nitrogens with two attached hydrogens (primary N) is 1. The number of primary amides is 1. The van der Waals surface area contributed by atoms with Crippen LogP contribution in [0.1, 0.15) is 23.2 Å². The third kappa shape index (κ3) is 3.28. The van der Waals surface area contributed by atoms with Gasteiger partial charge in [0, 0.05) is 44.3 Å². The SMILES string of the molecule is CN(c1ccccc1)C1CCN(c2ccncc2C(N)=O)CC1. The smallest absolute Gasteiger partial charge is 0.252 e. The lowest BCUT2D eigenvalue weighted by atomic mass is 10.0. The van der Waals surface area contributed by atoms with Crippen molar-refractivity contribution in [2.45, 2.75) is 18.9 Å². The third-order valence-corrected chi connectivity index (χ3v) is 4.58. The maximum atomic E-state index is 11.6. The number of para-hydroxylation sites is 1. The highest BCUT2D eigenvalue weighted by Crippen LogP contribution is 2.26. The van der Waals surface area contributed by atoms with Crippen LogP contribution in [0.4, 0.5) is 11.4 Å². The molecule has 0 spiro atoms. The molecule has 3 rings (SSSR count). The lowest BCUT2D eigenvalue weighted by Gasteiger charge is -2.39. The maximum Gasteiger partial charge on any atom is 0.252 e. The fraction of sp³-hybridized carbons (Fsp3) is 0.333. The fourth-order valence-electron chi connectivity index (χ4n) is 3.22. The van der Waals surface area contributed by atoms with Crippen molar-refractivity contribution in [2.75, 3.05) is 29.9 Å². The van der Waals surface area contributed by atoms with Crippen molar-refractivity contribution in [3.63, 3.8) is 0 Å². The van der Waals surface area contributed by atoms with E-state index in [1.807, 2.05) is 12.1 Å². The second kappa shape index (κ2) is 6.69. The summed E-state index contributed by atoms with van der Waals surface area (Å²) in [6.45, 7) is 1.82. The molecule has 120 valence electrons. The molecule has 0 aliphatic carbocycles. The molecule has 1 aromatic carbocycles. The first-order valence-electron chi connectivity index (χ1n) is 7.93. The Morgan fingerprint density at radius 3 is 2.57 bits per heavy atom. The van der Waals surface area contributed by atoms with Crippen molar-refractivity contribution in [1.82, 2.24) is 4.98 Å². The molecule has 2 aromatic rings. The van der Waals surface area contributed by atoms with Gasteiger partial charge in [0.25, 0.3) is 5.91 Å². The van der Waals surface area contributed by atoms with Crippen molar-refractivity contribution < 1.29 is 4.79 Å². The van der Waals surface area contributed by atoms with Crippen LogP contribution >= 0.6 is 0 Å². The van der Waals surface area contributed by atoms with Crippen LogP contribution in [-0.4, -0.2) is 37.1 Å². The van der Waals surface area contributed by atoms with Gasteiger partial charge in [-0.2, -0.15) is 0 Å². The Balaban J connectivity index is 1.68. The Hall–Kier alpha value is -2.56. The molecular formula is C18H22N4O. The Bertz CT molecular complexity index is 666. The van der Waals surface area contributed by atoms with Crippen LogP contribution in [0, 0.1) is 0 Å². The monoisotopic (exact) mass is 310 g/mol. The number of hydrogen-bond acceptors (Lipinski definition) is 4. The number of carbonyl (C=O) groups is 1. The van der Waals surface area contributed by atoms with E-state index >= 15 is 0 Å². The Kier molecular flexibility index (Phi) is 4.46. The van der Waals surface area contributed by atoms with Crippen molar-refractivity contribution in [1.29, 1.82) is 0 Å². The molecule has 23 heavy (non-hydrogen) atoms. The first kappa shape index (κ1) is 15.3. The number of carbonyl (C=O) groups excluding carboxylic acids is 1. The number of piperidine rings is 1. The topological polar surface area (TPSA) is 62.5 Å². The lowest BCUT2D eigenvalue weighted by molar-refractivity contribution is 0.100. The van der Waals surface area contributed by atoms with E-state index in [9.17, 15) is 4.79 Å². The summed E-state index contributed by atoms with van der Waals surface area (Å²) < 4.78 is 0. The summed E-state index contributed by atoms with van der Waals surface area (Å²) in [4.78, 5) is 20.2. The summed E-state index contributed by atoms with van der Waals surface area (Å²) in [7, 11) is 2.15. The number of amides is 1. The molecule has 0 unspecified atom stereocenters. The van der Waals surface area contributed by atoms with Crippen molar-refractivity contribution in [3.8, 4) is 0 Å². The molecule has 5 heteroatoms. The van der Waals surface area contributed by atoms with Crippen LogP contribution in [0.5, 0.6) is 0 Å². The van der Waals surface area contributed by atoms with Crippen LogP contribution in [0.15, 0.2) is 48.8 Å². The van der Waals surface area contributed by atoms with E-state index in [0.717, 1.165) is 31.6 Å². The molecule has 1 aliphatic heterocycles. The summed E-state index contributed by atoms with van der Waals surface area (Å²) in [5.74, 6) is -0.420. The number of hydrogen-bond donors (Lipinski definition) is 1. The number of pyridine rings is 1.